The zero-order valence-corrected chi connectivity index (χ0v) is 37.8. The first-order chi connectivity index (χ1) is 29.1. The molecule has 0 radical (unpaired) electrons. The number of unbranched alkanes of at least 4 members (excludes halogenated alkanes) is 16. The Hall–Kier alpha value is -2.20. The van der Waals surface area contributed by atoms with E-state index in [1.807, 2.05) is 0 Å². The Labute approximate surface area is 363 Å². The zero-order valence-electron chi connectivity index (χ0n) is 37.0. The minimum atomic E-state index is -5.06. The molecule has 0 aromatic heterocycles. The molecule has 1 aliphatic rings. The summed E-state index contributed by atoms with van der Waals surface area (Å²) < 4.78 is 58.9. The Bertz CT molecular complexity index is 1280. The molecule has 0 saturated carbocycles. The fraction of sp³-hybridized carbons (Fsp3) is 0.766. The fourth-order valence-electron chi connectivity index (χ4n) is 6.70. The predicted octanol–water partition coefficient (Wildman–Crippen LogP) is 9.74. The van der Waals surface area contributed by atoms with E-state index in [9.17, 15) is 28.5 Å². The molecule has 6 unspecified atom stereocenters. The molecule has 1 saturated heterocycles. The minimum Gasteiger partial charge on any atom is -0.457 e. The van der Waals surface area contributed by atoms with Gasteiger partial charge in [0.2, 0.25) is 0 Å². The summed E-state index contributed by atoms with van der Waals surface area (Å²) in [6.07, 6.45) is 38.4. The molecule has 4 N–H and O–H groups in total. The van der Waals surface area contributed by atoms with Gasteiger partial charge in [0.25, 0.3) is 0 Å². The monoisotopic (exact) mass is 871 g/mol. The van der Waals surface area contributed by atoms with Crippen molar-refractivity contribution in [2.24, 2.45) is 0 Å². The zero-order chi connectivity index (χ0) is 43.9. The molecule has 6 atom stereocenters. The van der Waals surface area contributed by atoms with Crippen LogP contribution in [0.5, 0.6) is 0 Å². The van der Waals surface area contributed by atoms with Crippen molar-refractivity contribution in [2.75, 3.05) is 26.4 Å². The van der Waals surface area contributed by atoms with Gasteiger partial charge in [0.05, 0.1) is 19.8 Å². The van der Waals surface area contributed by atoms with Gasteiger partial charge in [-0.3, -0.25) is 9.35 Å². The van der Waals surface area contributed by atoms with Crippen LogP contribution in [-0.4, -0.2) is 97.5 Å². The summed E-state index contributed by atoms with van der Waals surface area (Å²) in [5, 5.41) is 30.6. The molecular formula is C47H82O12S. The molecule has 0 aromatic carbocycles. The molecule has 0 spiro atoms. The first kappa shape index (κ1) is 55.8. The van der Waals surface area contributed by atoms with E-state index in [4.69, 9.17) is 23.5 Å². The lowest BCUT2D eigenvalue weighted by Crippen LogP contribution is -2.60. The lowest BCUT2D eigenvalue weighted by molar-refractivity contribution is -0.301. The topological polar surface area (TPSA) is 178 Å². The van der Waals surface area contributed by atoms with Crippen LogP contribution in [0.2, 0.25) is 0 Å². The Morgan fingerprint density at radius 3 is 1.68 bits per heavy atom. The van der Waals surface area contributed by atoms with E-state index in [0.29, 0.717) is 13.0 Å². The minimum absolute atomic E-state index is 0.0290. The third-order valence-electron chi connectivity index (χ3n) is 10.2. The first-order valence-corrected chi connectivity index (χ1v) is 24.4. The molecule has 1 rings (SSSR count). The SMILES string of the molecule is CC/C=C\C/C=C\C/C=C\C/C=C\C/C=C\CCCCCCCCCCOCC(COC1OC(CO)C(O)C(OS(=O)(=O)O)C1O)OC(=O)CCCCCCCCCCC. The maximum atomic E-state index is 12.8. The van der Waals surface area contributed by atoms with E-state index in [-0.39, 0.29) is 19.6 Å². The predicted molar refractivity (Wildman–Crippen MR) is 239 cm³/mol. The third kappa shape index (κ3) is 31.6. The lowest BCUT2D eigenvalue weighted by atomic mass is 9.99. The van der Waals surface area contributed by atoms with Crippen LogP contribution in [0.1, 0.15) is 168 Å². The van der Waals surface area contributed by atoms with Crippen LogP contribution < -0.4 is 0 Å². The maximum Gasteiger partial charge on any atom is 0.397 e. The van der Waals surface area contributed by atoms with Gasteiger partial charge in [-0.1, -0.05) is 164 Å². The fourth-order valence-corrected chi connectivity index (χ4v) is 7.21. The van der Waals surface area contributed by atoms with E-state index in [1.165, 1.54) is 64.2 Å². The Balaban J connectivity index is 2.34. The first-order valence-electron chi connectivity index (χ1n) is 23.0. The van der Waals surface area contributed by atoms with Crippen molar-refractivity contribution >= 4 is 16.4 Å². The van der Waals surface area contributed by atoms with Crippen molar-refractivity contribution in [2.45, 2.75) is 205 Å². The number of aliphatic hydroxyl groups is 3. The van der Waals surface area contributed by atoms with Crippen LogP contribution in [-0.2, 0) is 38.3 Å². The van der Waals surface area contributed by atoms with Crippen molar-refractivity contribution < 1.29 is 56.2 Å². The molecule has 13 heteroatoms. The second kappa shape index (κ2) is 38.5. The van der Waals surface area contributed by atoms with E-state index >= 15 is 0 Å². The van der Waals surface area contributed by atoms with Crippen LogP contribution in [0, 0.1) is 0 Å². The number of carbonyl (C=O) groups is 1. The van der Waals surface area contributed by atoms with Gasteiger partial charge < -0.3 is 34.3 Å². The average molecular weight is 871 g/mol. The number of hydrogen-bond donors (Lipinski definition) is 4. The number of allylic oxidation sites excluding steroid dienone is 10. The molecule has 1 aliphatic heterocycles. The summed E-state index contributed by atoms with van der Waals surface area (Å²) in [5.74, 6) is -0.408. The molecule has 0 amide bonds. The van der Waals surface area contributed by atoms with Crippen LogP contribution in [0.4, 0.5) is 0 Å². The molecule has 12 nitrogen and oxygen atoms in total. The van der Waals surface area contributed by atoms with E-state index in [2.05, 4.69) is 78.8 Å². The van der Waals surface area contributed by atoms with Gasteiger partial charge in [-0.05, 0) is 57.8 Å². The van der Waals surface area contributed by atoms with Gasteiger partial charge in [-0.25, -0.2) is 4.18 Å². The summed E-state index contributed by atoms with van der Waals surface area (Å²) >= 11 is 0. The van der Waals surface area contributed by atoms with Crippen molar-refractivity contribution in [3.63, 3.8) is 0 Å². The molecule has 0 aromatic rings. The van der Waals surface area contributed by atoms with Crippen molar-refractivity contribution in [1.82, 2.24) is 0 Å². The second-order valence-corrected chi connectivity index (χ2v) is 16.7. The number of ether oxygens (including phenoxy) is 4. The summed E-state index contributed by atoms with van der Waals surface area (Å²) in [7, 11) is -5.06. The van der Waals surface area contributed by atoms with Crippen molar-refractivity contribution in [3.05, 3.63) is 60.8 Å². The quantitative estimate of drug-likeness (QED) is 0.0199. The molecule has 0 bridgehead atoms. The van der Waals surface area contributed by atoms with E-state index < -0.39 is 59.8 Å². The Morgan fingerprint density at radius 1 is 0.650 bits per heavy atom. The second-order valence-electron chi connectivity index (χ2n) is 15.6. The summed E-state index contributed by atoms with van der Waals surface area (Å²) in [6.45, 7) is 3.82. The van der Waals surface area contributed by atoms with Crippen LogP contribution in [0.15, 0.2) is 60.8 Å². The number of carbonyl (C=O) groups excluding carboxylic acids is 1. The average Bonchev–Trinajstić information content (AvgIpc) is 3.22. The number of esters is 1. The lowest BCUT2D eigenvalue weighted by Gasteiger charge is -2.41. The van der Waals surface area contributed by atoms with Gasteiger partial charge in [0.1, 0.15) is 30.5 Å². The molecule has 348 valence electrons. The van der Waals surface area contributed by atoms with Crippen molar-refractivity contribution in [1.29, 1.82) is 0 Å². The number of hydrogen-bond acceptors (Lipinski definition) is 11. The molecule has 0 aliphatic carbocycles. The molecule has 60 heavy (non-hydrogen) atoms. The third-order valence-corrected chi connectivity index (χ3v) is 10.6. The van der Waals surface area contributed by atoms with E-state index in [1.54, 1.807) is 0 Å². The highest BCUT2D eigenvalue weighted by Crippen LogP contribution is 2.26. The van der Waals surface area contributed by atoms with Gasteiger partial charge in [-0.2, -0.15) is 8.42 Å². The highest BCUT2D eigenvalue weighted by molar-refractivity contribution is 7.80. The molecule has 1 fully saturated rings. The smallest absolute Gasteiger partial charge is 0.397 e. The van der Waals surface area contributed by atoms with Crippen molar-refractivity contribution in [3.8, 4) is 0 Å². The van der Waals surface area contributed by atoms with Crippen LogP contribution in [0.25, 0.3) is 0 Å². The highest BCUT2D eigenvalue weighted by Gasteiger charge is 2.48. The summed E-state index contributed by atoms with van der Waals surface area (Å²) in [5.41, 5.74) is 0. The van der Waals surface area contributed by atoms with Gasteiger partial charge in [-0.15, -0.1) is 0 Å². The van der Waals surface area contributed by atoms with Crippen LogP contribution >= 0.6 is 0 Å². The summed E-state index contributed by atoms with van der Waals surface area (Å²) in [6, 6.07) is 0. The Kier molecular flexibility index (Phi) is 35.8. The summed E-state index contributed by atoms with van der Waals surface area (Å²) in [4.78, 5) is 12.8. The number of rotatable bonds is 39. The van der Waals surface area contributed by atoms with Gasteiger partial charge in [0, 0.05) is 13.0 Å². The highest BCUT2D eigenvalue weighted by atomic mass is 32.3. The molecular weight excluding hydrogens is 789 g/mol. The maximum absolute atomic E-state index is 12.8. The normalized spacial score (nSPS) is 20.8. The van der Waals surface area contributed by atoms with Gasteiger partial charge >= 0.3 is 16.4 Å². The largest absolute Gasteiger partial charge is 0.457 e. The van der Waals surface area contributed by atoms with Crippen LogP contribution in [0.3, 0.4) is 0 Å². The number of aliphatic hydroxyl groups excluding tert-OH is 3. The van der Waals surface area contributed by atoms with Gasteiger partial charge in [0.15, 0.2) is 6.29 Å². The standard InChI is InChI=1S/C47H82O12S/c1-3-5-7-9-11-13-14-15-16-17-18-19-20-21-22-23-24-25-26-27-29-31-33-35-37-55-39-41(57-43(49)36-34-32-30-28-12-10-8-6-4-2)40-56-47-45(51)46(59-60(52,53)54)44(50)42(38-48)58-47/h5,7,11,13,15-16,18-19,21-22,41-42,44-48,50-51H,3-4,6,8-10,12,14,17,20,23-40H2,1-2H3,(H,52,53,54)/b7-5-,13-11-,16-15-,19-18-,22-21-. The van der Waals surface area contributed by atoms with E-state index in [0.717, 1.165) is 77.0 Å². The molecule has 1 heterocycles. The Morgan fingerprint density at radius 2 is 1.15 bits per heavy atom.